The number of benzene rings is 1. The van der Waals surface area contributed by atoms with E-state index in [0.29, 0.717) is 17.8 Å². The first-order chi connectivity index (χ1) is 9.99. The Balaban J connectivity index is 2.07. The van der Waals surface area contributed by atoms with Gasteiger partial charge in [0.15, 0.2) is 0 Å². The second-order valence-electron chi connectivity index (χ2n) is 5.15. The molecule has 1 amide bonds. The van der Waals surface area contributed by atoms with Crippen LogP contribution in [0.15, 0.2) is 36.7 Å². The number of aryl methyl sites for hydroxylation is 1. The van der Waals surface area contributed by atoms with Gasteiger partial charge < -0.3 is 16.0 Å². The number of carbonyl (C=O) groups excluding carboxylic acids is 1. The maximum absolute atomic E-state index is 12.2. The quantitative estimate of drug-likeness (QED) is 0.842. The van der Waals surface area contributed by atoms with Gasteiger partial charge in [0.1, 0.15) is 0 Å². The third-order valence-corrected chi connectivity index (χ3v) is 3.36. The maximum atomic E-state index is 12.2. The number of amides is 1. The molecule has 5 heteroatoms. The Morgan fingerprint density at radius 2 is 2.10 bits per heavy atom. The van der Waals surface area contributed by atoms with Crippen molar-refractivity contribution in [2.45, 2.75) is 13.5 Å². The summed E-state index contributed by atoms with van der Waals surface area (Å²) in [5, 5.41) is 2.88. The highest BCUT2D eigenvalue weighted by atomic mass is 16.1. The van der Waals surface area contributed by atoms with Crippen molar-refractivity contribution >= 4 is 17.3 Å². The van der Waals surface area contributed by atoms with Gasteiger partial charge >= 0.3 is 0 Å². The van der Waals surface area contributed by atoms with Crippen molar-refractivity contribution in [1.29, 1.82) is 0 Å². The van der Waals surface area contributed by atoms with Crippen LogP contribution in [0.2, 0.25) is 0 Å². The molecule has 110 valence electrons. The Labute approximate surface area is 124 Å². The number of hydrogen-bond acceptors (Lipinski definition) is 4. The molecule has 0 atom stereocenters. The molecule has 0 unspecified atom stereocenters. The Hall–Kier alpha value is -2.56. The van der Waals surface area contributed by atoms with Gasteiger partial charge in [-0.3, -0.25) is 9.78 Å². The molecule has 0 aliphatic carbocycles. The van der Waals surface area contributed by atoms with E-state index in [-0.39, 0.29) is 5.91 Å². The topological polar surface area (TPSA) is 71.2 Å². The van der Waals surface area contributed by atoms with Crippen molar-refractivity contribution in [1.82, 2.24) is 10.3 Å². The minimum Gasteiger partial charge on any atom is -0.397 e. The number of aromatic nitrogens is 1. The first-order valence-corrected chi connectivity index (χ1v) is 6.73. The van der Waals surface area contributed by atoms with Crippen molar-refractivity contribution in [3.8, 4) is 0 Å². The fourth-order valence-corrected chi connectivity index (χ4v) is 2.06. The van der Waals surface area contributed by atoms with E-state index in [1.807, 2.05) is 38.1 Å². The number of hydrogen-bond donors (Lipinski definition) is 2. The van der Waals surface area contributed by atoms with Crippen molar-refractivity contribution in [3.05, 3.63) is 53.3 Å². The van der Waals surface area contributed by atoms with Crippen molar-refractivity contribution in [3.63, 3.8) is 0 Å². The molecule has 1 aromatic carbocycles. The SMILES string of the molecule is Cc1ccncc1CNC(=O)c1ccc(N(C)C)c(N)c1. The van der Waals surface area contributed by atoms with Gasteiger partial charge in [0.2, 0.25) is 0 Å². The van der Waals surface area contributed by atoms with Crippen LogP contribution in [0.25, 0.3) is 0 Å². The average Bonchev–Trinajstić information content (AvgIpc) is 2.45. The van der Waals surface area contributed by atoms with Gasteiger partial charge in [0.05, 0.1) is 11.4 Å². The third kappa shape index (κ3) is 3.51. The molecule has 0 aliphatic heterocycles. The summed E-state index contributed by atoms with van der Waals surface area (Å²) in [5.41, 5.74) is 10.1. The van der Waals surface area contributed by atoms with Crippen molar-refractivity contribution < 1.29 is 4.79 Å². The van der Waals surface area contributed by atoms with E-state index in [1.165, 1.54) is 0 Å². The molecular weight excluding hydrogens is 264 g/mol. The molecule has 5 nitrogen and oxygen atoms in total. The normalized spacial score (nSPS) is 10.2. The molecule has 0 saturated heterocycles. The molecule has 0 bridgehead atoms. The summed E-state index contributed by atoms with van der Waals surface area (Å²) in [5.74, 6) is -0.143. The van der Waals surface area contributed by atoms with E-state index in [2.05, 4.69) is 10.3 Å². The fourth-order valence-electron chi connectivity index (χ4n) is 2.06. The molecule has 2 rings (SSSR count). The largest absolute Gasteiger partial charge is 0.397 e. The Kier molecular flexibility index (Phi) is 4.42. The van der Waals surface area contributed by atoms with Gasteiger partial charge in [0, 0.05) is 38.6 Å². The molecule has 2 aromatic rings. The Bertz CT molecular complexity index is 652. The van der Waals surface area contributed by atoms with Crippen molar-refractivity contribution in [2.75, 3.05) is 24.7 Å². The van der Waals surface area contributed by atoms with E-state index < -0.39 is 0 Å². The average molecular weight is 284 g/mol. The molecule has 21 heavy (non-hydrogen) atoms. The summed E-state index contributed by atoms with van der Waals surface area (Å²) in [6.45, 7) is 2.45. The number of nitrogens with zero attached hydrogens (tertiary/aromatic N) is 2. The minimum absolute atomic E-state index is 0.143. The molecular formula is C16H20N4O. The van der Waals surface area contributed by atoms with Crippen LogP contribution >= 0.6 is 0 Å². The van der Waals surface area contributed by atoms with Gasteiger partial charge in [0.25, 0.3) is 5.91 Å². The number of pyridine rings is 1. The minimum atomic E-state index is -0.143. The zero-order valence-electron chi connectivity index (χ0n) is 12.6. The summed E-state index contributed by atoms with van der Waals surface area (Å²) < 4.78 is 0. The summed E-state index contributed by atoms with van der Waals surface area (Å²) in [7, 11) is 3.83. The highest BCUT2D eigenvalue weighted by Crippen LogP contribution is 2.22. The Morgan fingerprint density at radius 1 is 1.33 bits per heavy atom. The van der Waals surface area contributed by atoms with Crippen LogP contribution in [0, 0.1) is 6.92 Å². The van der Waals surface area contributed by atoms with Crippen LogP contribution < -0.4 is 16.0 Å². The highest BCUT2D eigenvalue weighted by molar-refractivity contribution is 5.96. The molecule has 0 saturated carbocycles. The highest BCUT2D eigenvalue weighted by Gasteiger charge is 2.09. The van der Waals surface area contributed by atoms with Crippen LogP contribution in [-0.2, 0) is 6.54 Å². The predicted octanol–water partition coefficient (Wildman–Crippen LogP) is 1.97. The lowest BCUT2D eigenvalue weighted by molar-refractivity contribution is 0.0951. The maximum Gasteiger partial charge on any atom is 0.251 e. The molecule has 3 N–H and O–H groups in total. The Morgan fingerprint density at radius 3 is 2.71 bits per heavy atom. The second-order valence-corrected chi connectivity index (χ2v) is 5.15. The van der Waals surface area contributed by atoms with E-state index in [9.17, 15) is 4.79 Å². The summed E-state index contributed by atoms with van der Waals surface area (Å²) >= 11 is 0. The number of rotatable bonds is 4. The van der Waals surface area contributed by atoms with Crippen molar-refractivity contribution in [2.24, 2.45) is 0 Å². The lowest BCUT2D eigenvalue weighted by Gasteiger charge is -2.16. The number of nitrogen functional groups attached to an aromatic ring is 1. The number of nitrogens with one attached hydrogen (secondary N) is 1. The zero-order valence-corrected chi connectivity index (χ0v) is 12.6. The van der Waals surface area contributed by atoms with Crippen LogP contribution in [0.1, 0.15) is 21.5 Å². The lowest BCUT2D eigenvalue weighted by Crippen LogP contribution is -2.23. The van der Waals surface area contributed by atoms with Gasteiger partial charge in [-0.1, -0.05) is 0 Å². The van der Waals surface area contributed by atoms with Crippen LogP contribution in [0.4, 0.5) is 11.4 Å². The fraction of sp³-hybridized carbons (Fsp3) is 0.250. The van der Waals surface area contributed by atoms with Gasteiger partial charge in [-0.15, -0.1) is 0 Å². The first-order valence-electron chi connectivity index (χ1n) is 6.73. The van der Waals surface area contributed by atoms with Gasteiger partial charge in [-0.25, -0.2) is 0 Å². The van der Waals surface area contributed by atoms with Crippen LogP contribution in [-0.4, -0.2) is 25.0 Å². The lowest BCUT2D eigenvalue weighted by atomic mass is 10.1. The summed E-state index contributed by atoms with van der Waals surface area (Å²) in [4.78, 5) is 18.1. The summed E-state index contributed by atoms with van der Waals surface area (Å²) in [6, 6.07) is 7.24. The second kappa shape index (κ2) is 6.26. The molecule has 0 radical (unpaired) electrons. The number of carbonyl (C=O) groups is 1. The number of anilines is 2. The smallest absolute Gasteiger partial charge is 0.251 e. The van der Waals surface area contributed by atoms with E-state index >= 15 is 0 Å². The van der Waals surface area contributed by atoms with E-state index in [0.717, 1.165) is 16.8 Å². The van der Waals surface area contributed by atoms with Crippen LogP contribution in [0.3, 0.4) is 0 Å². The van der Waals surface area contributed by atoms with Gasteiger partial charge in [-0.2, -0.15) is 0 Å². The van der Waals surface area contributed by atoms with Crippen LogP contribution in [0.5, 0.6) is 0 Å². The molecule has 1 aromatic heterocycles. The van der Waals surface area contributed by atoms with E-state index in [4.69, 9.17) is 5.73 Å². The third-order valence-electron chi connectivity index (χ3n) is 3.36. The molecule has 0 fully saturated rings. The number of nitrogens with two attached hydrogens (primary N) is 1. The van der Waals surface area contributed by atoms with Gasteiger partial charge in [-0.05, 0) is 42.3 Å². The molecule has 0 aliphatic rings. The monoisotopic (exact) mass is 284 g/mol. The molecule has 0 spiro atoms. The summed E-state index contributed by atoms with van der Waals surface area (Å²) in [6.07, 6.45) is 3.50. The van der Waals surface area contributed by atoms with E-state index in [1.54, 1.807) is 24.5 Å². The zero-order chi connectivity index (χ0) is 15.4. The standard InChI is InChI=1S/C16H20N4O/c1-11-6-7-18-9-13(11)10-19-16(21)12-4-5-15(20(2)3)14(17)8-12/h4-9H,10,17H2,1-3H3,(H,19,21). The molecule has 1 heterocycles. The predicted molar refractivity (Wildman–Crippen MR) is 85.3 cm³/mol. The first kappa shape index (κ1) is 14.8.